The fourth-order valence-electron chi connectivity index (χ4n) is 1.79. The van der Waals surface area contributed by atoms with E-state index >= 15 is 0 Å². The molecular formula is C16H20ClN3O. The van der Waals surface area contributed by atoms with Crippen LogP contribution in [0.15, 0.2) is 24.4 Å². The van der Waals surface area contributed by atoms with Crippen molar-refractivity contribution in [3.63, 3.8) is 0 Å². The van der Waals surface area contributed by atoms with Crippen LogP contribution in [-0.4, -0.2) is 16.0 Å². The third-order valence-electron chi connectivity index (χ3n) is 3.05. The van der Waals surface area contributed by atoms with Crippen molar-refractivity contribution >= 4 is 11.6 Å². The molecule has 5 heteroatoms. The Morgan fingerprint density at radius 3 is 2.67 bits per heavy atom. The maximum atomic E-state index is 6.14. The van der Waals surface area contributed by atoms with Crippen molar-refractivity contribution in [3.8, 4) is 11.8 Å². The van der Waals surface area contributed by atoms with Gasteiger partial charge in [-0.3, -0.25) is 0 Å². The molecule has 0 saturated heterocycles. The van der Waals surface area contributed by atoms with Crippen molar-refractivity contribution in [2.75, 3.05) is 0 Å². The molecule has 0 aliphatic heterocycles. The average molecular weight is 306 g/mol. The highest BCUT2D eigenvalue weighted by molar-refractivity contribution is 6.32. The predicted molar refractivity (Wildman–Crippen MR) is 85.0 cm³/mol. The number of benzene rings is 1. The van der Waals surface area contributed by atoms with E-state index < -0.39 is 0 Å². The molecule has 0 fully saturated rings. The quantitative estimate of drug-likeness (QED) is 0.905. The lowest BCUT2D eigenvalue weighted by Gasteiger charge is -2.11. The molecule has 0 aliphatic carbocycles. The van der Waals surface area contributed by atoms with Crippen molar-refractivity contribution in [3.05, 3.63) is 46.2 Å². The maximum absolute atomic E-state index is 6.14. The van der Waals surface area contributed by atoms with Crippen LogP contribution in [0.5, 0.6) is 11.8 Å². The Balaban J connectivity index is 2.12. The zero-order valence-electron chi connectivity index (χ0n) is 12.8. The summed E-state index contributed by atoms with van der Waals surface area (Å²) in [5.41, 5.74) is 3.04. The fourth-order valence-corrected chi connectivity index (χ4v) is 2.07. The van der Waals surface area contributed by atoms with Gasteiger partial charge >= 0.3 is 6.01 Å². The number of aromatic nitrogens is 2. The van der Waals surface area contributed by atoms with Gasteiger partial charge in [-0.2, -0.15) is 4.98 Å². The first-order valence-corrected chi connectivity index (χ1v) is 7.33. The molecule has 0 bridgehead atoms. The smallest absolute Gasteiger partial charge is 0.322 e. The first-order valence-electron chi connectivity index (χ1n) is 6.95. The van der Waals surface area contributed by atoms with E-state index in [0.29, 0.717) is 22.8 Å². The van der Waals surface area contributed by atoms with E-state index in [1.165, 1.54) is 0 Å². The molecule has 0 spiro atoms. The van der Waals surface area contributed by atoms with Gasteiger partial charge in [-0.25, -0.2) is 4.98 Å². The van der Waals surface area contributed by atoms with Crippen LogP contribution in [-0.2, 0) is 6.54 Å². The van der Waals surface area contributed by atoms with Crippen LogP contribution in [0.25, 0.3) is 0 Å². The molecule has 2 rings (SSSR count). The zero-order chi connectivity index (χ0) is 15.4. The Morgan fingerprint density at radius 2 is 2.05 bits per heavy atom. The first kappa shape index (κ1) is 15.7. The van der Waals surface area contributed by atoms with E-state index in [-0.39, 0.29) is 0 Å². The Kier molecular flexibility index (Phi) is 5.15. The van der Waals surface area contributed by atoms with Crippen molar-refractivity contribution in [1.29, 1.82) is 0 Å². The minimum Gasteiger partial charge on any atom is -0.423 e. The second-order valence-electron chi connectivity index (χ2n) is 5.33. The molecule has 21 heavy (non-hydrogen) atoms. The summed E-state index contributed by atoms with van der Waals surface area (Å²) in [6, 6.07) is 6.35. The second kappa shape index (κ2) is 6.87. The number of aryl methyl sites for hydroxylation is 2. The van der Waals surface area contributed by atoms with Gasteiger partial charge in [-0.15, -0.1) is 0 Å². The van der Waals surface area contributed by atoms with Crippen LogP contribution in [0, 0.1) is 13.8 Å². The van der Waals surface area contributed by atoms with Crippen LogP contribution >= 0.6 is 11.6 Å². The molecule has 4 nitrogen and oxygen atoms in total. The van der Waals surface area contributed by atoms with E-state index in [2.05, 4.69) is 29.1 Å². The Labute approximate surface area is 130 Å². The monoisotopic (exact) mass is 305 g/mol. The molecule has 112 valence electrons. The highest BCUT2D eigenvalue weighted by atomic mass is 35.5. The lowest BCUT2D eigenvalue weighted by atomic mass is 10.2. The number of nitrogens with zero attached hydrogens (tertiary/aromatic N) is 2. The highest BCUT2D eigenvalue weighted by Crippen LogP contribution is 2.28. The largest absolute Gasteiger partial charge is 0.423 e. The Morgan fingerprint density at radius 1 is 1.29 bits per heavy atom. The molecule has 0 aliphatic rings. The van der Waals surface area contributed by atoms with Gasteiger partial charge in [0.15, 0.2) is 0 Å². The van der Waals surface area contributed by atoms with Gasteiger partial charge in [0.1, 0.15) is 5.75 Å². The zero-order valence-corrected chi connectivity index (χ0v) is 13.5. The highest BCUT2D eigenvalue weighted by Gasteiger charge is 2.08. The molecule has 0 atom stereocenters. The van der Waals surface area contributed by atoms with Crippen molar-refractivity contribution in [2.45, 2.75) is 40.3 Å². The summed E-state index contributed by atoms with van der Waals surface area (Å²) in [5.74, 6) is 0.565. The topological polar surface area (TPSA) is 47.0 Å². The summed E-state index contributed by atoms with van der Waals surface area (Å²) in [4.78, 5) is 8.62. The molecule has 1 aromatic heterocycles. The third-order valence-corrected chi connectivity index (χ3v) is 3.34. The summed E-state index contributed by atoms with van der Waals surface area (Å²) >= 11 is 6.14. The molecule has 1 heterocycles. The minimum absolute atomic E-state index is 0.312. The van der Waals surface area contributed by atoms with Gasteiger partial charge in [0.05, 0.1) is 5.02 Å². The van der Waals surface area contributed by atoms with Crippen LogP contribution in [0.3, 0.4) is 0 Å². The lowest BCUT2D eigenvalue weighted by molar-refractivity contribution is 0.439. The average Bonchev–Trinajstić information content (AvgIpc) is 2.41. The van der Waals surface area contributed by atoms with Crippen molar-refractivity contribution < 1.29 is 4.74 Å². The van der Waals surface area contributed by atoms with Crippen LogP contribution in [0.2, 0.25) is 5.02 Å². The van der Waals surface area contributed by atoms with Gasteiger partial charge in [0.25, 0.3) is 0 Å². The number of ether oxygens (including phenoxy) is 1. The van der Waals surface area contributed by atoms with E-state index in [0.717, 1.165) is 23.4 Å². The van der Waals surface area contributed by atoms with Gasteiger partial charge in [-0.05, 0) is 31.5 Å². The van der Waals surface area contributed by atoms with Gasteiger partial charge < -0.3 is 10.1 Å². The van der Waals surface area contributed by atoms with Gasteiger partial charge in [-0.1, -0.05) is 31.5 Å². The molecule has 1 N–H and O–H groups in total. The summed E-state index contributed by atoms with van der Waals surface area (Å²) in [6.07, 6.45) is 1.79. The standard InChI is InChI=1S/C16H20ClN3O/c1-10(2)18-8-13-9-19-16(20-12(13)4)21-15-6-5-11(3)7-14(15)17/h5-7,9-10,18H,8H2,1-4H3. The molecule has 2 aromatic rings. The molecule has 0 unspecified atom stereocenters. The predicted octanol–water partition coefficient (Wildman–Crippen LogP) is 4.04. The second-order valence-corrected chi connectivity index (χ2v) is 5.74. The lowest BCUT2D eigenvalue weighted by Crippen LogP contribution is -2.22. The summed E-state index contributed by atoms with van der Waals surface area (Å²) < 4.78 is 5.65. The molecule has 0 amide bonds. The number of rotatable bonds is 5. The van der Waals surface area contributed by atoms with Crippen molar-refractivity contribution in [1.82, 2.24) is 15.3 Å². The van der Waals surface area contributed by atoms with Crippen molar-refractivity contribution in [2.24, 2.45) is 0 Å². The Bertz CT molecular complexity index is 629. The molecule has 1 aromatic carbocycles. The van der Waals surface area contributed by atoms with E-state index in [1.54, 1.807) is 6.20 Å². The summed E-state index contributed by atoms with van der Waals surface area (Å²) in [6.45, 7) is 8.88. The van der Waals surface area contributed by atoms with Crippen LogP contribution in [0.4, 0.5) is 0 Å². The minimum atomic E-state index is 0.312. The maximum Gasteiger partial charge on any atom is 0.322 e. The Hall–Kier alpha value is -1.65. The van der Waals surface area contributed by atoms with E-state index in [4.69, 9.17) is 16.3 Å². The van der Waals surface area contributed by atoms with Crippen LogP contribution < -0.4 is 10.1 Å². The molecular weight excluding hydrogens is 286 g/mol. The normalized spacial score (nSPS) is 11.0. The van der Waals surface area contributed by atoms with Crippen LogP contribution in [0.1, 0.15) is 30.7 Å². The first-order chi connectivity index (χ1) is 9.95. The van der Waals surface area contributed by atoms with E-state index in [1.807, 2.05) is 32.0 Å². The molecule has 0 saturated carbocycles. The van der Waals surface area contributed by atoms with Gasteiger partial charge in [0.2, 0.25) is 0 Å². The fraction of sp³-hybridized carbons (Fsp3) is 0.375. The third kappa shape index (κ3) is 4.41. The number of hydrogen-bond donors (Lipinski definition) is 1. The summed E-state index contributed by atoms with van der Waals surface area (Å²) in [5, 5.41) is 3.90. The van der Waals surface area contributed by atoms with Gasteiger partial charge in [0, 0.05) is 30.0 Å². The number of hydrogen-bond acceptors (Lipinski definition) is 4. The SMILES string of the molecule is Cc1ccc(Oc2ncc(CNC(C)C)c(C)n2)c(Cl)c1. The number of nitrogens with one attached hydrogen (secondary N) is 1. The number of halogens is 1. The summed E-state index contributed by atoms with van der Waals surface area (Å²) in [7, 11) is 0. The molecule has 0 radical (unpaired) electrons. The van der Waals surface area contributed by atoms with E-state index in [9.17, 15) is 0 Å².